The Hall–Kier alpha value is -2.29. The number of carbonyl (C=O) groups is 1. The molecule has 0 spiro atoms. The highest BCUT2D eigenvalue weighted by Gasteiger charge is 2.27. The monoisotopic (exact) mass is 394 g/mol. The molecule has 0 aliphatic heterocycles. The molecule has 0 saturated heterocycles. The Balaban J connectivity index is 2.23. The number of amides is 1. The molecule has 27 heavy (non-hydrogen) atoms. The molecule has 2 rings (SSSR count). The van der Waals surface area contributed by atoms with E-state index in [9.17, 15) is 17.6 Å². The van der Waals surface area contributed by atoms with E-state index < -0.39 is 28.3 Å². The van der Waals surface area contributed by atoms with Crippen molar-refractivity contribution >= 4 is 21.6 Å². The van der Waals surface area contributed by atoms with E-state index in [-0.39, 0.29) is 18.0 Å². The van der Waals surface area contributed by atoms with E-state index in [1.807, 2.05) is 26.0 Å². The first-order valence-corrected chi connectivity index (χ1v) is 9.80. The van der Waals surface area contributed by atoms with Crippen LogP contribution in [0.3, 0.4) is 0 Å². The van der Waals surface area contributed by atoms with Crippen LogP contribution in [0, 0.1) is 19.7 Å². The van der Waals surface area contributed by atoms with Gasteiger partial charge in [0.05, 0.1) is 18.0 Å². The zero-order valence-electron chi connectivity index (χ0n) is 15.5. The van der Waals surface area contributed by atoms with E-state index in [1.165, 1.54) is 19.2 Å². The molecule has 0 radical (unpaired) electrons. The van der Waals surface area contributed by atoms with Crippen molar-refractivity contribution in [1.29, 1.82) is 0 Å². The van der Waals surface area contributed by atoms with Gasteiger partial charge in [-0.25, -0.2) is 12.8 Å². The zero-order valence-corrected chi connectivity index (χ0v) is 16.3. The predicted molar refractivity (Wildman–Crippen MR) is 102 cm³/mol. The number of benzene rings is 2. The zero-order chi connectivity index (χ0) is 20.0. The second-order valence-corrected chi connectivity index (χ2v) is 8.02. The summed E-state index contributed by atoms with van der Waals surface area (Å²) in [6, 6.07) is 10.2. The molecular weight excluding hydrogens is 371 g/mol. The fourth-order valence-corrected chi connectivity index (χ4v) is 3.90. The molecule has 2 aromatic carbocycles. The molecule has 2 aromatic rings. The minimum Gasteiger partial charge on any atom is -0.383 e. The van der Waals surface area contributed by atoms with Gasteiger partial charge in [0.1, 0.15) is 5.82 Å². The second-order valence-electron chi connectivity index (χ2n) is 6.08. The van der Waals surface area contributed by atoms with Crippen LogP contribution >= 0.6 is 0 Å². The number of aryl methyl sites for hydroxylation is 1. The van der Waals surface area contributed by atoms with Crippen molar-refractivity contribution in [3.8, 4) is 0 Å². The number of anilines is 1. The van der Waals surface area contributed by atoms with Crippen LogP contribution in [0.2, 0.25) is 0 Å². The van der Waals surface area contributed by atoms with Gasteiger partial charge in [0, 0.05) is 19.3 Å². The van der Waals surface area contributed by atoms with Crippen LogP contribution in [0.5, 0.6) is 0 Å². The third kappa shape index (κ3) is 5.35. The highest BCUT2D eigenvalue weighted by Crippen LogP contribution is 2.19. The van der Waals surface area contributed by atoms with Crippen molar-refractivity contribution in [2.45, 2.75) is 18.7 Å². The molecule has 0 saturated carbocycles. The molecule has 6 nitrogen and oxygen atoms in total. The van der Waals surface area contributed by atoms with Crippen LogP contribution in [0.25, 0.3) is 0 Å². The van der Waals surface area contributed by atoms with Gasteiger partial charge in [0.2, 0.25) is 15.9 Å². The molecule has 1 N–H and O–H groups in total. The maximum Gasteiger partial charge on any atom is 0.243 e. The standard InChI is InChI=1S/C19H23FN2O4S/c1-14-6-4-9-18(15(14)2)21-19(23)13-22(10-11-26-3)27(24,25)17-8-5-7-16(20)12-17/h4-9,12H,10-11,13H2,1-3H3,(H,21,23). The summed E-state index contributed by atoms with van der Waals surface area (Å²) in [7, 11) is -2.62. The number of ether oxygens (including phenoxy) is 1. The van der Waals surface area contributed by atoms with Gasteiger partial charge in [0.15, 0.2) is 0 Å². The number of halogens is 1. The molecular formula is C19H23FN2O4S. The first-order valence-electron chi connectivity index (χ1n) is 8.36. The summed E-state index contributed by atoms with van der Waals surface area (Å²) in [5.74, 6) is -1.15. The molecule has 0 aliphatic rings. The number of carbonyl (C=O) groups excluding carboxylic acids is 1. The van der Waals surface area contributed by atoms with Crippen LogP contribution in [0.15, 0.2) is 47.4 Å². The van der Waals surface area contributed by atoms with E-state index in [0.29, 0.717) is 5.69 Å². The molecule has 1 amide bonds. The number of hydrogen-bond acceptors (Lipinski definition) is 4. The van der Waals surface area contributed by atoms with Gasteiger partial charge in [-0.1, -0.05) is 18.2 Å². The minimum atomic E-state index is -4.05. The minimum absolute atomic E-state index is 0.0322. The predicted octanol–water partition coefficient (Wildman–Crippen LogP) is 2.72. The fourth-order valence-electron chi connectivity index (χ4n) is 2.49. The third-order valence-corrected chi connectivity index (χ3v) is 6.02. The largest absolute Gasteiger partial charge is 0.383 e. The van der Waals surface area contributed by atoms with Gasteiger partial charge in [-0.15, -0.1) is 0 Å². The normalized spacial score (nSPS) is 11.6. The van der Waals surface area contributed by atoms with Gasteiger partial charge in [0.25, 0.3) is 0 Å². The Morgan fingerprint density at radius 1 is 1.19 bits per heavy atom. The van der Waals surface area contributed by atoms with Crippen molar-refractivity contribution < 1.29 is 22.3 Å². The summed E-state index contributed by atoms with van der Waals surface area (Å²) in [4.78, 5) is 12.3. The second kappa shape index (κ2) is 9.07. The van der Waals surface area contributed by atoms with Crippen molar-refractivity contribution in [3.63, 3.8) is 0 Å². The summed E-state index contributed by atoms with van der Waals surface area (Å²) in [6.07, 6.45) is 0. The highest BCUT2D eigenvalue weighted by molar-refractivity contribution is 7.89. The lowest BCUT2D eigenvalue weighted by Crippen LogP contribution is -2.40. The highest BCUT2D eigenvalue weighted by atomic mass is 32.2. The van der Waals surface area contributed by atoms with E-state index in [4.69, 9.17) is 4.74 Å². The maximum absolute atomic E-state index is 13.5. The Bertz CT molecular complexity index is 916. The Morgan fingerprint density at radius 2 is 1.89 bits per heavy atom. The Kier molecular flexibility index (Phi) is 7.06. The van der Waals surface area contributed by atoms with Crippen LogP contribution in [-0.2, 0) is 19.6 Å². The topological polar surface area (TPSA) is 75.7 Å². The van der Waals surface area contributed by atoms with Gasteiger partial charge < -0.3 is 10.1 Å². The van der Waals surface area contributed by atoms with Crippen LogP contribution < -0.4 is 5.32 Å². The molecule has 0 bridgehead atoms. The number of methoxy groups -OCH3 is 1. The van der Waals surface area contributed by atoms with Gasteiger partial charge in [-0.05, 0) is 49.2 Å². The van der Waals surface area contributed by atoms with E-state index in [1.54, 1.807) is 6.07 Å². The molecule has 0 heterocycles. The summed E-state index contributed by atoms with van der Waals surface area (Å²) in [6.45, 7) is 3.46. The average Bonchev–Trinajstić information content (AvgIpc) is 2.62. The van der Waals surface area contributed by atoms with Crippen molar-refractivity contribution in [3.05, 3.63) is 59.4 Å². The lowest BCUT2D eigenvalue weighted by molar-refractivity contribution is -0.116. The molecule has 0 fully saturated rings. The van der Waals surface area contributed by atoms with E-state index in [0.717, 1.165) is 27.6 Å². The molecule has 8 heteroatoms. The van der Waals surface area contributed by atoms with Crippen LogP contribution in [0.4, 0.5) is 10.1 Å². The van der Waals surface area contributed by atoms with Crippen LogP contribution in [-0.4, -0.2) is 45.4 Å². The Morgan fingerprint density at radius 3 is 2.56 bits per heavy atom. The molecule has 0 aromatic heterocycles. The molecule has 0 unspecified atom stereocenters. The van der Waals surface area contributed by atoms with Gasteiger partial charge in [-0.3, -0.25) is 4.79 Å². The first-order chi connectivity index (χ1) is 12.8. The Labute approximate surface area is 159 Å². The number of rotatable bonds is 8. The summed E-state index contributed by atoms with van der Waals surface area (Å²) >= 11 is 0. The molecule has 146 valence electrons. The lowest BCUT2D eigenvalue weighted by Gasteiger charge is -2.22. The SMILES string of the molecule is COCCN(CC(=O)Nc1cccc(C)c1C)S(=O)(=O)c1cccc(F)c1. The molecule has 0 aliphatic carbocycles. The summed E-state index contributed by atoms with van der Waals surface area (Å²) < 4.78 is 45.0. The first kappa shape index (κ1) is 21.0. The maximum atomic E-state index is 13.5. The number of hydrogen-bond donors (Lipinski definition) is 1. The lowest BCUT2D eigenvalue weighted by atomic mass is 10.1. The third-order valence-electron chi connectivity index (χ3n) is 4.18. The fraction of sp³-hybridized carbons (Fsp3) is 0.316. The smallest absolute Gasteiger partial charge is 0.243 e. The number of nitrogens with one attached hydrogen (secondary N) is 1. The van der Waals surface area contributed by atoms with E-state index >= 15 is 0 Å². The quantitative estimate of drug-likeness (QED) is 0.747. The van der Waals surface area contributed by atoms with Crippen molar-refractivity contribution in [2.75, 3.05) is 32.1 Å². The van der Waals surface area contributed by atoms with Gasteiger partial charge in [-0.2, -0.15) is 4.31 Å². The van der Waals surface area contributed by atoms with Crippen molar-refractivity contribution in [2.24, 2.45) is 0 Å². The van der Waals surface area contributed by atoms with Gasteiger partial charge >= 0.3 is 0 Å². The summed E-state index contributed by atoms with van der Waals surface area (Å²) in [5, 5.41) is 2.73. The van der Waals surface area contributed by atoms with Crippen molar-refractivity contribution in [1.82, 2.24) is 4.31 Å². The van der Waals surface area contributed by atoms with E-state index in [2.05, 4.69) is 5.32 Å². The summed E-state index contributed by atoms with van der Waals surface area (Å²) in [5.41, 5.74) is 2.54. The van der Waals surface area contributed by atoms with Crippen LogP contribution in [0.1, 0.15) is 11.1 Å². The molecule has 0 atom stereocenters. The number of sulfonamides is 1. The average molecular weight is 394 g/mol. The number of nitrogens with zero attached hydrogens (tertiary/aromatic N) is 1.